The van der Waals surface area contributed by atoms with E-state index in [1.54, 1.807) is 0 Å². The average Bonchev–Trinajstić information content (AvgIpc) is 2.39. The van der Waals surface area contributed by atoms with E-state index < -0.39 is 11.9 Å². The molecule has 1 aromatic carbocycles. The summed E-state index contributed by atoms with van der Waals surface area (Å²) in [4.78, 5) is 23.2. The number of amides is 1. The molecule has 4 heteroatoms. The summed E-state index contributed by atoms with van der Waals surface area (Å²) in [5.74, 6) is -1.55. The van der Waals surface area contributed by atoms with E-state index in [-0.39, 0.29) is 18.2 Å². The number of carbonyl (C=O) groups excluding carboxylic acids is 1. The first-order valence-corrected chi connectivity index (χ1v) is 7.12. The lowest BCUT2D eigenvalue weighted by Crippen LogP contribution is -2.26. The van der Waals surface area contributed by atoms with E-state index in [1.165, 1.54) is 0 Å². The summed E-state index contributed by atoms with van der Waals surface area (Å²) < 4.78 is 0. The molecule has 0 aliphatic carbocycles. The number of carboxylic acids is 1. The Bertz CT molecular complexity index is 431. The standard InChI is InChI=1S/C16H23NO3/c1-3-4-10-14(16(19)20)12(2)11-15(18)17-13-8-6-5-7-9-13/h5-9,12,14H,3-4,10-11H2,1-2H3,(H,17,18)(H,19,20). The van der Waals surface area contributed by atoms with Gasteiger partial charge in [-0.05, 0) is 24.5 Å². The average molecular weight is 277 g/mol. The van der Waals surface area contributed by atoms with Crippen LogP contribution in [0.3, 0.4) is 0 Å². The van der Waals surface area contributed by atoms with Crippen molar-refractivity contribution >= 4 is 17.6 Å². The lowest BCUT2D eigenvalue weighted by atomic mass is 9.87. The molecular formula is C16H23NO3. The maximum atomic E-state index is 11.9. The van der Waals surface area contributed by atoms with Gasteiger partial charge in [-0.25, -0.2) is 0 Å². The molecule has 1 amide bonds. The van der Waals surface area contributed by atoms with Crippen LogP contribution in [0.5, 0.6) is 0 Å². The number of benzene rings is 1. The van der Waals surface area contributed by atoms with Gasteiger partial charge in [-0.3, -0.25) is 9.59 Å². The molecule has 1 aromatic rings. The predicted octanol–water partition coefficient (Wildman–Crippen LogP) is 3.54. The van der Waals surface area contributed by atoms with Gasteiger partial charge in [0.15, 0.2) is 0 Å². The molecule has 0 saturated carbocycles. The van der Waals surface area contributed by atoms with Gasteiger partial charge in [0.05, 0.1) is 5.92 Å². The van der Waals surface area contributed by atoms with Crippen LogP contribution in [-0.4, -0.2) is 17.0 Å². The zero-order valence-corrected chi connectivity index (χ0v) is 12.1. The van der Waals surface area contributed by atoms with Crippen molar-refractivity contribution in [2.75, 3.05) is 5.32 Å². The van der Waals surface area contributed by atoms with Crippen LogP contribution in [0, 0.1) is 11.8 Å². The monoisotopic (exact) mass is 277 g/mol. The normalized spacial score (nSPS) is 13.5. The van der Waals surface area contributed by atoms with Gasteiger partial charge in [0.2, 0.25) is 5.91 Å². The van der Waals surface area contributed by atoms with Gasteiger partial charge in [-0.15, -0.1) is 0 Å². The summed E-state index contributed by atoms with van der Waals surface area (Å²) in [6.45, 7) is 3.87. The van der Waals surface area contributed by atoms with Crippen LogP contribution in [0.2, 0.25) is 0 Å². The van der Waals surface area contributed by atoms with Crippen molar-refractivity contribution in [1.29, 1.82) is 0 Å². The molecule has 2 N–H and O–H groups in total. The van der Waals surface area contributed by atoms with Gasteiger partial charge in [-0.2, -0.15) is 0 Å². The van der Waals surface area contributed by atoms with Crippen LogP contribution in [-0.2, 0) is 9.59 Å². The van der Waals surface area contributed by atoms with Crippen molar-refractivity contribution in [3.63, 3.8) is 0 Å². The van der Waals surface area contributed by atoms with E-state index in [1.807, 2.05) is 44.2 Å². The van der Waals surface area contributed by atoms with Crippen molar-refractivity contribution in [2.24, 2.45) is 11.8 Å². The topological polar surface area (TPSA) is 66.4 Å². The molecule has 2 unspecified atom stereocenters. The number of nitrogens with one attached hydrogen (secondary N) is 1. The van der Waals surface area contributed by atoms with Crippen molar-refractivity contribution in [2.45, 2.75) is 39.5 Å². The van der Waals surface area contributed by atoms with Crippen LogP contribution in [0.1, 0.15) is 39.5 Å². The molecule has 4 nitrogen and oxygen atoms in total. The number of carboxylic acid groups (broad SMARTS) is 1. The Morgan fingerprint density at radius 3 is 2.45 bits per heavy atom. The first-order valence-electron chi connectivity index (χ1n) is 7.12. The Balaban J connectivity index is 2.52. The van der Waals surface area contributed by atoms with Gasteiger partial charge in [0, 0.05) is 12.1 Å². The van der Waals surface area contributed by atoms with E-state index in [2.05, 4.69) is 5.32 Å². The second-order valence-electron chi connectivity index (χ2n) is 5.18. The summed E-state index contributed by atoms with van der Waals surface area (Å²) in [6, 6.07) is 9.20. The molecule has 20 heavy (non-hydrogen) atoms. The Hall–Kier alpha value is -1.84. The first-order chi connectivity index (χ1) is 9.54. The third-order valence-corrected chi connectivity index (χ3v) is 3.44. The van der Waals surface area contributed by atoms with Crippen molar-refractivity contribution in [1.82, 2.24) is 0 Å². The second kappa shape index (κ2) is 8.35. The molecule has 0 radical (unpaired) electrons. The lowest BCUT2D eigenvalue weighted by molar-refractivity contribution is -0.144. The Kier molecular flexibility index (Phi) is 6.77. The number of hydrogen-bond donors (Lipinski definition) is 2. The molecule has 110 valence electrons. The van der Waals surface area contributed by atoms with Gasteiger partial charge in [0.1, 0.15) is 0 Å². The zero-order chi connectivity index (χ0) is 15.0. The molecule has 0 aromatic heterocycles. The fraction of sp³-hybridized carbons (Fsp3) is 0.500. The minimum atomic E-state index is -0.807. The Labute approximate surface area is 120 Å². The third-order valence-electron chi connectivity index (χ3n) is 3.44. The SMILES string of the molecule is CCCCC(C(=O)O)C(C)CC(=O)Nc1ccccc1. The largest absolute Gasteiger partial charge is 0.481 e. The van der Waals surface area contributed by atoms with E-state index in [4.69, 9.17) is 0 Å². The summed E-state index contributed by atoms with van der Waals surface area (Å²) in [6.07, 6.45) is 2.70. The quantitative estimate of drug-likeness (QED) is 0.763. The zero-order valence-electron chi connectivity index (χ0n) is 12.1. The number of aliphatic carboxylic acids is 1. The lowest BCUT2D eigenvalue weighted by Gasteiger charge is -2.19. The molecule has 2 atom stereocenters. The minimum absolute atomic E-state index is 0.133. The second-order valence-corrected chi connectivity index (χ2v) is 5.18. The number of anilines is 1. The number of para-hydroxylation sites is 1. The molecule has 0 aliphatic rings. The van der Waals surface area contributed by atoms with Crippen LogP contribution in [0.4, 0.5) is 5.69 Å². The van der Waals surface area contributed by atoms with Gasteiger partial charge < -0.3 is 10.4 Å². The molecule has 1 rings (SSSR count). The predicted molar refractivity (Wildman–Crippen MR) is 79.5 cm³/mol. The smallest absolute Gasteiger partial charge is 0.306 e. The summed E-state index contributed by atoms with van der Waals surface area (Å²) in [5, 5.41) is 12.0. The molecule has 0 spiro atoms. The van der Waals surface area contributed by atoms with Gasteiger partial charge in [-0.1, -0.05) is 44.9 Å². The van der Waals surface area contributed by atoms with Crippen LogP contribution < -0.4 is 5.32 Å². The fourth-order valence-corrected chi connectivity index (χ4v) is 2.24. The van der Waals surface area contributed by atoms with Gasteiger partial charge >= 0.3 is 5.97 Å². The highest BCUT2D eigenvalue weighted by atomic mass is 16.4. The highest BCUT2D eigenvalue weighted by Crippen LogP contribution is 2.22. The van der Waals surface area contributed by atoms with Crippen LogP contribution >= 0.6 is 0 Å². The first kappa shape index (κ1) is 16.2. The van der Waals surface area contributed by atoms with E-state index >= 15 is 0 Å². The van der Waals surface area contributed by atoms with Crippen molar-refractivity contribution < 1.29 is 14.7 Å². The number of unbranched alkanes of at least 4 members (excludes halogenated alkanes) is 1. The van der Waals surface area contributed by atoms with E-state index in [0.29, 0.717) is 6.42 Å². The van der Waals surface area contributed by atoms with Crippen molar-refractivity contribution in [3.05, 3.63) is 30.3 Å². The third kappa shape index (κ3) is 5.43. The van der Waals surface area contributed by atoms with Gasteiger partial charge in [0.25, 0.3) is 0 Å². The Morgan fingerprint density at radius 2 is 1.90 bits per heavy atom. The van der Waals surface area contributed by atoms with Crippen LogP contribution in [0.25, 0.3) is 0 Å². The summed E-state index contributed by atoms with van der Waals surface area (Å²) in [5.41, 5.74) is 0.741. The number of hydrogen-bond acceptors (Lipinski definition) is 2. The van der Waals surface area contributed by atoms with E-state index in [9.17, 15) is 14.7 Å². The molecule has 0 bridgehead atoms. The maximum absolute atomic E-state index is 11.9. The highest BCUT2D eigenvalue weighted by Gasteiger charge is 2.25. The van der Waals surface area contributed by atoms with E-state index in [0.717, 1.165) is 18.5 Å². The molecular weight excluding hydrogens is 254 g/mol. The number of rotatable bonds is 8. The minimum Gasteiger partial charge on any atom is -0.481 e. The molecule has 0 aliphatic heterocycles. The van der Waals surface area contributed by atoms with Crippen molar-refractivity contribution in [3.8, 4) is 0 Å². The molecule has 0 heterocycles. The maximum Gasteiger partial charge on any atom is 0.306 e. The molecule has 0 saturated heterocycles. The molecule has 0 fully saturated rings. The number of carbonyl (C=O) groups is 2. The Morgan fingerprint density at radius 1 is 1.25 bits per heavy atom. The summed E-state index contributed by atoms with van der Waals surface area (Å²) in [7, 11) is 0. The summed E-state index contributed by atoms with van der Waals surface area (Å²) >= 11 is 0. The fourth-order valence-electron chi connectivity index (χ4n) is 2.24. The highest BCUT2D eigenvalue weighted by molar-refractivity contribution is 5.91. The van der Waals surface area contributed by atoms with Crippen LogP contribution in [0.15, 0.2) is 30.3 Å².